The van der Waals surface area contributed by atoms with Gasteiger partial charge in [-0.25, -0.2) is 0 Å². The first-order chi connectivity index (χ1) is 16.9. The molecule has 35 heavy (non-hydrogen) atoms. The minimum Gasteiger partial charge on any atom is -0.328 e. The van der Waals surface area contributed by atoms with E-state index in [0.717, 1.165) is 31.1 Å². The quantitative estimate of drug-likeness (QED) is 0.221. The first-order valence-corrected chi connectivity index (χ1v) is 13.2. The second kappa shape index (κ2) is 22.0. The highest BCUT2D eigenvalue weighted by atomic mass is 16.2. The Labute approximate surface area is 215 Å². The number of aldehydes is 1. The number of hydrogen-bond acceptors (Lipinski definition) is 4. The van der Waals surface area contributed by atoms with Crippen LogP contribution < -0.4 is 11.3 Å². The standard InChI is InChI=1S/C25H33NO2.2C2H6.CH6N2/c1-5-7-12-25(28)26(24(18-27)19(3)4)17-20-13-15-22(16-14-20)23-11-9-8-10-21(23)6-2;2*1-2;1-3-2/h8-11,13-16,18-19,24H,5-7,12,17H2,1-4H3;2*1-2H3;3H,2H2,1H3. The average Bonchev–Trinajstić information content (AvgIpc) is 2.90. The molecule has 0 aliphatic heterocycles. The van der Waals surface area contributed by atoms with Gasteiger partial charge in [0, 0.05) is 13.0 Å². The summed E-state index contributed by atoms with van der Waals surface area (Å²) < 4.78 is 0. The molecule has 2 aromatic carbocycles. The second-order valence-electron chi connectivity index (χ2n) is 7.99. The summed E-state index contributed by atoms with van der Waals surface area (Å²) >= 11 is 0. The van der Waals surface area contributed by atoms with Crippen molar-refractivity contribution in [1.82, 2.24) is 10.3 Å². The van der Waals surface area contributed by atoms with E-state index in [1.165, 1.54) is 16.7 Å². The van der Waals surface area contributed by atoms with E-state index in [4.69, 9.17) is 0 Å². The predicted octanol–water partition coefficient (Wildman–Crippen LogP) is 6.79. The van der Waals surface area contributed by atoms with Crippen molar-refractivity contribution < 1.29 is 9.59 Å². The molecule has 0 bridgehead atoms. The number of nitrogens with zero attached hydrogens (tertiary/aromatic N) is 1. The number of carbonyl (C=O) groups is 2. The number of hydrazine groups is 1. The Morgan fingerprint density at radius 1 is 1.00 bits per heavy atom. The fraction of sp³-hybridized carbons (Fsp3) is 0.533. The fourth-order valence-electron chi connectivity index (χ4n) is 3.52. The molecule has 0 saturated carbocycles. The fourth-order valence-corrected chi connectivity index (χ4v) is 3.52. The molecule has 0 spiro atoms. The van der Waals surface area contributed by atoms with Crippen molar-refractivity contribution in [2.45, 2.75) is 93.7 Å². The molecular formula is C30H51N3O2. The Morgan fingerprint density at radius 3 is 2.00 bits per heavy atom. The Kier molecular flexibility index (Phi) is 21.8. The van der Waals surface area contributed by atoms with Gasteiger partial charge in [0.05, 0.1) is 6.04 Å². The number of carbonyl (C=O) groups excluding carboxylic acids is 2. The Bertz CT molecular complexity index is 788. The molecule has 1 amide bonds. The molecule has 3 N–H and O–H groups in total. The van der Waals surface area contributed by atoms with E-state index in [9.17, 15) is 9.59 Å². The number of nitrogens with two attached hydrogens (primary N) is 1. The van der Waals surface area contributed by atoms with Gasteiger partial charge in [0.2, 0.25) is 5.91 Å². The molecule has 0 heterocycles. The Hall–Kier alpha value is -2.50. The number of benzene rings is 2. The van der Waals surface area contributed by atoms with E-state index in [2.05, 4.69) is 73.6 Å². The summed E-state index contributed by atoms with van der Waals surface area (Å²) in [7, 11) is 1.65. The van der Waals surface area contributed by atoms with Crippen LogP contribution in [0.4, 0.5) is 0 Å². The zero-order chi connectivity index (χ0) is 27.2. The van der Waals surface area contributed by atoms with Gasteiger partial charge in [-0.15, -0.1) is 0 Å². The van der Waals surface area contributed by atoms with Crippen LogP contribution in [-0.2, 0) is 22.6 Å². The van der Waals surface area contributed by atoms with Crippen LogP contribution in [0.25, 0.3) is 11.1 Å². The van der Waals surface area contributed by atoms with Crippen LogP contribution >= 0.6 is 0 Å². The van der Waals surface area contributed by atoms with Crippen molar-refractivity contribution >= 4 is 12.2 Å². The lowest BCUT2D eigenvalue weighted by molar-refractivity contribution is -0.138. The molecule has 5 nitrogen and oxygen atoms in total. The van der Waals surface area contributed by atoms with Crippen molar-refractivity contribution in [3.63, 3.8) is 0 Å². The zero-order valence-corrected chi connectivity index (χ0v) is 23.7. The van der Waals surface area contributed by atoms with Crippen LogP contribution in [0.3, 0.4) is 0 Å². The van der Waals surface area contributed by atoms with Crippen molar-refractivity contribution in [2.24, 2.45) is 11.8 Å². The van der Waals surface area contributed by atoms with Gasteiger partial charge in [-0.3, -0.25) is 16.1 Å². The third kappa shape index (κ3) is 12.7. The molecule has 0 aliphatic rings. The Morgan fingerprint density at radius 2 is 1.54 bits per heavy atom. The number of nitrogens with one attached hydrogen (secondary N) is 1. The number of rotatable bonds is 10. The van der Waals surface area contributed by atoms with Gasteiger partial charge in [0.25, 0.3) is 0 Å². The van der Waals surface area contributed by atoms with Crippen LogP contribution in [-0.4, -0.2) is 30.2 Å². The van der Waals surface area contributed by atoms with Crippen LogP contribution in [0.15, 0.2) is 48.5 Å². The third-order valence-corrected chi connectivity index (χ3v) is 5.26. The van der Waals surface area contributed by atoms with Crippen LogP contribution in [0.1, 0.15) is 85.8 Å². The number of unbranched alkanes of at least 4 members (excludes halogenated alkanes) is 1. The second-order valence-corrected chi connectivity index (χ2v) is 7.99. The van der Waals surface area contributed by atoms with Crippen LogP contribution in [0.5, 0.6) is 0 Å². The molecule has 2 aromatic rings. The zero-order valence-electron chi connectivity index (χ0n) is 23.7. The van der Waals surface area contributed by atoms with Gasteiger partial charge in [-0.05, 0) is 48.1 Å². The number of hydrogen-bond donors (Lipinski definition) is 2. The van der Waals surface area contributed by atoms with Crippen molar-refractivity contribution in [2.75, 3.05) is 7.05 Å². The highest BCUT2D eigenvalue weighted by Crippen LogP contribution is 2.25. The van der Waals surface area contributed by atoms with E-state index in [1.54, 1.807) is 11.9 Å². The molecule has 0 saturated heterocycles. The van der Waals surface area contributed by atoms with E-state index in [0.29, 0.717) is 13.0 Å². The maximum atomic E-state index is 12.8. The third-order valence-electron chi connectivity index (χ3n) is 5.26. The molecule has 0 aliphatic carbocycles. The van der Waals surface area contributed by atoms with Gasteiger partial charge >= 0.3 is 0 Å². The highest BCUT2D eigenvalue weighted by molar-refractivity contribution is 5.80. The number of amides is 1. The van der Waals surface area contributed by atoms with Gasteiger partial charge in [0.1, 0.15) is 6.29 Å². The van der Waals surface area contributed by atoms with Crippen molar-refractivity contribution in [3.8, 4) is 11.1 Å². The lowest BCUT2D eigenvalue weighted by Gasteiger charge is -2.31. The molecule has 1 atom stereocenters. The summed E-state index contributed by atoms with van der Waals surface area (Å²) in [6.45, 7) is 16.7. The number of aryl methyl sites for hydroxylation is 1. The molecule has 0 radical (unpaired) electrons. The predicted molar refractivity (Wildman–Crippen MR) is 152 cm³/mol. The van der Waals surface area contributed by atoms with Crippen LogP contribution in [0.2, 0.25) is 0 Å². The first kappa shape index (κ1) is 34.7. The topological polar surface area (TPSA) is 75.4 Å². The summed E-state index contributed by atoms with van der Waals surface area (Å²) in [5, 5.41) is 0. The van der Waals surface area contributed by atoms with Gasteiger partial charge in [-0.2, -0.15) is 0 Å². The molecule has 1 unspecified atom stereocenters. The molecule has 5 heteroatoms. The van der Waals surface area contributed by atoms with E-state index in [1.807, 2.05) is 41.5 Å². The summed E-state index contributed by atoms with van der Waals surface area (Å²) in [6.07, 6.45) is 4.23. The SMILES string of the molecule is CC.CC.CCCCC(=O)N(Cc1ccc(-c2ccccc2CC)cc1)C(C=O)C(C)C.CNN. The summed E-state index contributed by atoms with van der Waals surface area (Å²) in [6, 6.07) is 16.4. The van der Waals surface area contributed by atoms with E-state index >= 15 is 0 Å². The smallest absolute Gasteiger partial charge is 0.223 e. The van der Waals surface area contributed by atoms with Gasteiger partial charge < -0.3 is 9.69 Å². The van der Waals surface area contributed by atoms with Crippen LogP contribution in [0, 0.1) is 5.92 Å². The molecule has 2 rings (SSSR count). The Balaban J connectivity index is 0. The first-order valence-electron chi connectivity index (χ1n) is 13.2. The van der Waals surface area contributed by atoms with Gasteiger partial charge in [-0.1, -0.05) is 110 Å². The maximum Gasteiger partial charge on any atom is 0.223 e. The molecule has 198 valence electrons. The normalized spacial score (nSPS) is 10.5. The van der Waals surface area contributed by atoms with E-state index in [-0.39, 0.29) is 17.9 Å². The average molecular weight is 486 g/mol. The molecule has 0 fully saturated rings. The monoisotopic (exact) mass is 485 g/mol. The largest absolute Gasteiger partial charge is 0.328 e. The summed E-state index contributed by atoms with van der Waals surface area (Å²) in [5.74, 6) is 4.76. The molecular weight excluding hydrogens is 434 g/mol. The van der Waals surface area contributed by atoms with Crippen molar-refractivity contribution in [3.05, 3.63) is 59.7 Å². The van der Waals surface area contributed by atoms with Gasteiger partial charge in [0.15, 0.2) is 0 Å². The minimum atomic E-state index is -0.384. The highest BCUT2D eigenvalue weighted by Gasteiger charge is 2.25. The summed E-state index contributed by atoms with van der Waals surface area (Å²) in [4.78, 5) is 26.2. The maximum absolute atomic E-state index is 12.8. The molecule has 0 aromatic heterocycles. The lowest BCUT2D eigenvalue weighted by Crippen LogP contribution is -2.43. The lowest BCUT2D eigenvalue weighted by atomic mass is 9.97. The van der Waals surface area contributed by atoms with Crippen molar-refractivity contribution in [1.29, 1.82) is 0 Å². The van der Waals surface area contributed by atoms with E-state index < -0.39 is 0 Å². The minimum absolute atomic E-state index is 0.0630. The summed E-state index contributed by atoms with van der Waals surface area (Å²) in [5.41, 5.74) is 7.06.